The molecule has 8 N–H and O–H groups in total. The Morgan fingerprint density at radius 1 is 0.683 bits per heavy atom. The Hall–Kier alpha value is -2.89. The lowest BCUT2D eigenvalue weighted by Gasteiger charge is -2.39. The Kier molecular flexibility index (Phi) is 8.77. The highest BCUT2D eigenvalue weighted by molar-refractivity contribution is 6.00. The van der Waals surface area contributed by atoms with Crippen molar-refractivity contribution in [3.05, 3.63) is 53.6 Å². The second-order valence-electron chi connectivity index (χ2n) is 10.1. The standard InChI is InChI=1S/C27H32O14/c28-9-18-20(31)22(33)24(35)26(40-18)37-12-3-1-11(2-4-12)16-8-15(30)14-6-5-13(7-17(14)39-16)38-27-25(36)23(34)21(32)19(10-29)41-27/h1-7,16,18-29,31-36H,8-10H2/t16?,18-,19+,20-,21+,22+,23-,24-,25+,26-,27+/m1/s1. The number of hydrogen-bond donors (Lipinski definition) is 8. The van der Waals surface area contributed by atoms with Crippen molar-refractivity contribution in [2.75, 3.05) is 13.2 Å². The molecule has 0 radical (unpaired) electrons. The summed E-state index contributed by atoms with van der Waals surface area (Å²) in [6.45, 7) is -1.20. The van der Waals surface area contributed by atoms with Crippen LogP contribution in [-0.4, -0.2) is 121 Å². The van der Waals surface area contributed by atoms with E-state index in [0.29, 0.717) is 11.1 Å². The van der Waals surface area contributed by atoms with Gasteiger partial charge in [0.25, 0.3) is 0 Å². The van der Waals surface area contributed by atoms with Crippen LogP contribution >= 0.6 is 0 Å². The van der Waals surface area contributed by atoms with E-state index in [1.54, 1.807) is 24.3 Å². The summed E-state index contributed by atoms with van der Waals surface area (Å²) < 4.78 is 28.0. The fraction of sp³-hybridized carbons (Fsp3) is 0.519. The monoisotopic (exact) mass is 580 g/mol. The zero-order valence-corrected chi connectivity index (χ0v) is 21.5. The van der Waals surface area contributed by atoms with Crippen molar-refractivity contribution in [3.63, 3.8) is 0 Å². The van der Waals surface area contributed by atoms with Crippen LogP contribution in [0.15, 0.2) is 42.5 Å². The summed E-state index contributed by atoms with van der Waals surface area (Å²) in [5, 5.41) is 79.0. The lowest BCUT2D eigenvalue weighted by atomic mass is 9.96. The van der Waals surface area contributed by atoms with Gasteiger partial charge < -0.3 is 64.5 Å². The average molecular weight is 581 g/mol. The van der Waals surface area contributed by atoms with Crippen molar-refractivity contribution in [2.45, 2.75) is 73.9 Å². The quantitative estimate of drug-likeness (QED) is 0.173. The number of rotatable bonds is 7. The number of carbonyl (C=O) groups excluding carboxylic acids is 1. The van der Waals surface area contributed by atoms with Crippen molar-refractivity contribution in [1.29, 1.82) is 0 Å². The van der Waals surface area contributed by atoms with Gasteiger partial charge in [-0.2, -0.15) is 0 Å². The molecule has 0 bridgehead atoms. The number of benzene rings is 2. The van der Waals surface area contributed by atoms with Gasteiger partial charge in [-0.3, -0.25) is 4.79 Å². The Labute approximate surface area is 233 Å². The normalized spacial score (nSPS) is 37.2. The first kappa shape index (κ1) is 29.6. The van der Waals surface area contributed by atoms with Crippen LogP contribution in [0.2, 0.25) is 0 Å². The highest BCUT2D eigenvalue weighted by atomic mass is 16.7. The first-order valence-corrected chi connectivity index (χ1v) is 13.0. The summed E-state index contributed by atoms with van der Waals surface area (Å²) in [4.78, 5) is 12.9. The molecule has 0 saturated carbocycles. The molecule has 0 spiro atoms. The number of ketones is 1. The number of fused-ring (bicyclic) bond motifs is 1. The van der Waals surface area contributed by atoms with Gasteiger partial charge in [-0.05, 0) is 29.8 Å². The van der Waals surface area contributed by atoms with E-state index in [2.05, 4.69) is 0 Å². The average Bonchev–Trinajstić information content (AvgIpc) is 2.97. The Bertz CT molecular complexity index is 1200. The fourth-order valence-corrected chi connectivity index (χ4v) is 4.92. The maximum absolute atomic E-state index is 12.9. The third-order valence-corrected chi connectivity index (χ3v) is 7.35. The first-order chi connectivity index (χ1) is 19.6. The summed E-state index contributed by atoms with van der Waals surface area (Å²) in [6.07, 6.45) is -15.1. The van der Waals surface area contributed by atoms with Gasteiger partial charge in [0, 0.05) is 6.07 Å². The van der Waals surface area contributed by atoms with Crippen molar-refractivity contribution in [3.8, 4) is 17.2 Å². The van der Waals surface area contributed by atoms with Gasteiger partial charge in [0.1, 0.15) is 72.2 Å². The second-order valence-corrected chi connectivity index (χ2v) is 10.1. The van der Waals surface area contributed by atoms with Crippen LogP contribution < -0.4 is 14.2 Å². The van der Waals surface area contributed by atoms with Gasteiger partial charge in [-0.25, -0.2) is 0 Å². The van der Waals surface area contributed by atoms with Crippen LogP contribution in [0.25, 0.3) is 0 Å². The van der Waals surface area contributed by atoms with Crippen LogP contribution in [-0.2, 0) is 9.47 Å². The van der Waals surface area contributed by atoms with Gasteiger partial charge in [0.05, 0.1) is 25.2 Å². The number of aliphatic hydroxyl groups is 8. The van der Waals surface area contributed by atoms with E-state index in [9.17, 15) is 45.6 Å². The number of ether oxygens (including phenoxy) is 5. The van der Waals surface area contributed by atoms with Gasteiger partial charge in [-0.1, -0.05) is 12.1 Å². The number of aliphatic hydroxyl groups excluding tert-OH is 8. The van der Waals surface area contributed by atoms with E-state index >= 15 is 0 Å². The van der Waals surface area contributed by atoms with Gasteiger partial charge in [0.2, 0.25) is 12.6 Å². The van der Waals surface area contributed by atoms with Gasteiger partial charge >= 0.3 is 0 Å². The SMILES string of the molecule is O=C1CC(c2ccc(O[C@@H]3O[C@H](CO)[C@@H](O)[C@H](O)[C@H]3O)cc2)Oc2cc(O[C@H]3O[C@@H](CO)[C@H](O)[C@@H](O)[C@@H]3O)ccc21. The van der Waals surface area contributed by atoms with Crippen LogP contribution in [0.1, 0.15) is 28.4 Å². The van der Waals surface area contributed by atoms with Crippen molar-refractivity contribution < 1.29 is 69.3 Å². The van der Waals surface area contributed by atoms with E-state index in [0.717, 1.165) is 0 Å². The molecule has 0 amide bonds. The van der Waals surface area contributed by atoms with E-state index in [1.165, 1.54) is 18.2 Å². The molecule has 2 aromatic rings. The molecule has 14 nitrogen and oxygen atoms in total. The third kappa shape index (κ3) is 5.89. The Morgan fingerprint density at radius 3 is 1.73 bits per heavy atom. The molecule has 14 heteroatoms. The largest absolute Gasteiger partial charge is 0.484 e. The summed E-state index contributed by atoms with van der Waals surface area (Å²) in [5.74, 6) is 0.396. The summed E-state index contributed by atoms with van der Waals surface area (Å²) in [6, 6.07) is 10.7. The predicted octanol–water partition coefficient (Wildman–Crippen LogP) is -2.25. The molecular weight excluding hydrogens is 548 g/mol. The minimum Gasteiger partial charge on any atom is -0.484 e. The number of carbonyl (C=O) groups is 1. The topological polar surface area (TPSA) is 225 Å². The molecule has 41 heavy (non-hydrogen) atoms. The summed E-state index contributed by atoms with van der Waals surface area (Å²) in [5.41, 5.74) is 0.926. The molecule has 2 saturated heterocycles. The predicted molar refractivity (Wildman–Crippen MR) is 134 cm³/mol. The van der Waals surface area contributed by atoms with Crippen molar-refractivity contribution in [1.82, 2.24) is 0 Å². The van der Waals surface area contributed by atoms with E-state index in [-0.39, 0.29) is 29.5 Å². The van der Waals surface area contributed by atoms with Crippen LogP contribution in [0.3, 0.4) is 0 Å². The maximum Gasteiger partial charge on any atom is 0.229 e. The van der Waals surface area contributed by atoms with Gasteiger partial charge in [-0.15, -0.1) is 0 Å². The van der Waals surface area contributed by atoms with E-state index in [4.69, 9.17) is 23.7 Å². The van der Waals surface area contributed by atoms with Crippen LogP contribution in [0.5, 0.6) is 17.2 Å². The van der Waals surface area contributed by atoms with E-state index < -0.39 is 80.7 Å². The fourth-order valence-electron chi connectivity index (χ4n) is 4.92. The van der Waals surface area contributed by atoms with Crippen molar-refractivity contribution in [2.24, 2.45) is 0 Å². The van der Waals surface area contributed by atoms with E-state index in [1.807, 2.05) is 0 Å². The molecule has 3 aliphatic heterocycles. The molecule has 3 heterocycles. The lowest BCUT2D eigenvalue weighted by Crippen LogP contribution is -2.60. The minimum atomic E-state index is -1.61. The molecule has 2 fully saturated rings. The highest BCUT2D eigenvalue weighted by Crippen LogP contribution is 2.38. The molecule has 3 aliphatic rings. The molecule has 0 aliphatic carbocycles. The zero-order chi connectivity index (χ0) is 29.4. The highest BCUT2D eigenvalue weighted by Gasteiger charge is 2.46. The maximum atomic E-state index is 12.9. The summed E-state index contributed by atoms with van der Waals surface area (Å²) in [7, 11) is 0. The zero-order valence-electron chi connectivity index (χ0n) is 21.5. The minimum absolute atomic E-state index is 0.0346. The molecular formula is C27H32O14. The molecule has 5 rings (SSSR count). The van der Waals surface area contributed by atoms with Crippen LogP contribution in [0.4, 0.5) is 0 Å². The molecule has 0 aromatic heterocycles. The lowest BCUT2D eigenvalue weighted by molar-refractivity contribution is -0.277. The second kappa shape index (κ2) is 12.1. The smallest absolute Gasteiger partial charge is 0.229 e. The van der Waals surface area contributed by atoms with Gasteiger partial charge in [0.15, 0.2) is 5.78 Å². The Morgan fingerprint density at radius 2 is 1.20 bits per heavy atom. The summed E-state index contributed by atoms with van der Waals surface area (Å²) >= 11 is 0. The third-order valence-electron chi connectivity index (χ3n) is 7.35. The molecule has 11 atom stereocenters. The molecule has 2 aromatic carbocycles. The number of hydrogen-bond acceptors (Lipinski definition) is 14. The first-order valence-electron chi connectivity index (χ1n) is 13.0. The molecule has 1 unspecified atom stereocenters. The number of Topliss-reactive ketones (excluding diaryl/α,β-unsaturated/α-hetero) is 1. The Balaban J connectivity index is 1.26. The van der Waals surface area contributed by atoms with Crippen molar-refractivity contribution >= 4 is 5.78 Å². The van der Waals surface area contributed by atoms with Crippen LogP contribution in [0, 0.1) is 0 Å². The molecule has 224 valence electrons.